The zero-order valence-corrected chi connectivity index (χ0v) is 8.70. The highest BCUT2D eigenvalue weighted by Gasteiger charge is 2.08. The third-order valence-electron chi connectivity index (χ3n) is 2.33. The zero-order chi connectivity index (χ0) is 11.3. The van der Waals surface area contributed by atoms with Gasteiger partial charge in [0.05, 0.1) is 0 Å². The van der Waals surface area contributed by atoms with E-state index in [4.69, 9.17) is 5.73 Å². The first-order chi connectivity index (χ1) is 7.24. The number of hydrogen-bond donors (Lipinski definition) is 1. The molecule has 1 aromatic rings. The monoisotopic (exact) mass is 201 g/mol. The summed E-state index contributed by atoms with van der Waals surface area (Å²) in [7, 11) is 0. The average Bonchev–Trinajstić information content (AvgIpc) is 2.24. The highest BCUT2D eigenvalue weighted by molar-refractivity contribution is 5.80. The van der Waals surface area contributed by atoms with Crippen molar-refractivity contribution in [1.82, 2.24) is 0 Å². The maximum absolute atomic E-state index is 10.9. The molecule has 0 aromatic heterocycles. The van der Waals surface area contributed by atoms with Gasteiger partial charge < -0.3 is 5.73 Å². The van der Waals surface area contributed by atoms with Gasteiger partial charge in [0.15, 0.2) is 0 Å². The van der Waals surface area contributed by atoms with E-state index < -0.39 is 0 Å². The van der Waals surface area contributed by atoms with Crippen LogP contribution in [0.1, 0.15) is 21.5 Å². The Morgan fingerprint density at radius 2 is 1.73 bits per heavy atom. The minimum Gasteiger partial charge on any atom is -0.398 e. The van der Waals surface area contributed by atoms with E-state index in [9.17, 15) is 4.79 Å². The first-order valence-corrected chi connectivity index (χ1v) is 4.81. The number of nitrogens with two attached hydrogens (primary N) is 1. The van der Waals surface area contributed by atoms with Crippen molar-refractivity contribution in [3.05, 3.63) is 54.1 Å². The minimum atomic E-state index is 0.655. The van der Waals surface area contributed by atoms with Crippen molar-refractivity contribution >= 4 is 12.0 Å². The van der Waals surface area contributed by atoms with Gasteiger partial charge in [-0.25, -0.2) is 0 Å². The predicted octanol–water partition coefficient (Wildman–Crippen LogP) is 2.54. The number of anilines is 1. The van der Waals surface area contributed by atoms with Crippen molar-refractivity contribution in [3.8, 4) is 0 Å². The van der Waals surface area contributed by atoms with Gasteiger partial charge >= 0.3 is 0 Å². The van der Waals surface area contributed by atoms with Gasteiger partial charge in [-0.1, -0.05) is 12.2 Å². The molecule has 78 valence electrons. The third-order valence-corrected chi connectivity index (χ3v) is 2.33. The Balaban J connectivity index is 3.34. The van der Waals surface area contributed by atoms with Gasteiger partial charge in [0.1, 0.15) is 6.29 Å². The van der Waals surface area contributed by atoms with Crippen molar-refractivity contribution in [2.24, 2.45) is 0 Å². The van der Waals surface area contributed by atoms with Gasteiger partial charge in [0.2, 0.25) is 0 Å². The third kappa shape index (κ3) is 2.34. The molecule has 1 aromatic carbocycles. The number of hydrogen-bond acceptors (Lipinski definition) is 2. The van der Waals surface area contributed by atoms with Gasteiger partial charge in [-0.15, -0.1) is 13.2 Å². The van der Waals surface area contributed by atoms with E-state index in [0.29, 0.717) is 24.1 Å². The normalized spacial score (nSPS) is 9.60. The van der Waals surface area contributed by atoms with E-state index in [2.05, 4.69) is 13.2 Å². The Hall–Kier alpha value is -1.83. The standard InChI is InChI=1S/C13H15NO/c1-3-5-11-10(9-15)7-8-13(14)12(11)6-4-2/h3-4,7-9H,1-2,5-6,14H2. The molecular weight excluding hydrogens is 186 g/mol. The maximum Gasteiger partial charge on any atom is 0.150 e. The number of aldehydes is 1. The Kier molecular flexibility index (Phi) is 3.86. The number of benzene rings is 1. The number of nitrogen functional groups attached to an aromatic ring is 1. The zero-order valence-electron chi connectivity index (χ0n) is 8.70. The molecule has 0 saturated heterocycles. The van der Waals surface area contributed by atoms with E-state index in [0.717, 1.165) is 17.4 Å². The molecule has 0 spiro atoms. The molecule has 0 unspecified atom stereocenters. The van der Waals surface area contributed by atoms with Crippen LogP contribution in [0.25, 0.3) is 0 Å². The lowest BCUT2D eigenvalue weighted by Crippen LogP contribution is -2.02. The molecule has 0 aliphatic heterocycles. The van der Waals surface area contributed by atoms with Crippen molar-refractivity contribution in [2.45, 2.75) is 12.8 Å². The largest absolute Gasteiger partial charge is 0.398 e. The fraction of sp³-hybridized carbons (Fsp3) is 0.154. The Morgan fingerprint density at radius 1 is 1.13 bits per heavy atom. The number of allylic oxidation sites excluding steroid dienone is 2. The van der Waals surface area contributed by atoms with Gasteiger partial charge in [0.25, 0.3) is 0 Å². The molecule has 2 heteroatoms. The van der Waals surface area contributed by atoms with Crippen LogP contribution in [0, 0.1) is 0 Å². The second-order valence-electron chi connectivity index (χ2n) is 3.30. The molecule has 2 nitrogen and oxygen atoms in total. The molecule has 1 rings (SSSR count). The van der Waals surface area contributed by atoms with E-state index >= 15 is 0 Å². The van der Waals surface area contributed by atoms with Gasteiger partial charge in [-0.2, -0.15) is 0 Å². The lowest BCUT2D eigenvalue weighted by atomic mass is 9.95. The summed E-state index contributed by atoms with van der Waals surface area (Å²) >= 11 is 0. The van der Waals surface area contributed by atoms with Gasteiger partial charge in [0, 0.05) is 11.3 Å². The van der Waals surface area contributed by atoms with E-state index in [1.807, 2.05) is 0 Å². The molecule has 2 N–H and O–H groups in total. The van der Waals surface area contributed by atoms with Gasteiger partial charge in [-0.05, 0) is 36.1 Å². The SMILES string of the molecule is C=CCc1c(N)ccc(C=O)c1CC=C. The first-order valence-electron chi connectivity index (χ1n) is 4.81. The molecule has 0 amide bonds. The highest BCUT2D eigenvalue weighted by atomic mass is 16.1. The molecule has 0 radical (unpaired) electrons. The topological polar surface area (TPSA) is 43.1 Å². The van der Waals surface area contributed by atoms with Crippen LogP contribution in [0.15, 0.2) is 37.4 Å². The summed E-state index contributed by atoms with van der Waals surface area (Å²) in [5.41, 5.74) is 9.19. The number of rotatable bonds is 5. The molecule has 0 saturated carbocycles. The van der Waals surface area contributed by atoms with Crippen LogP contribution in [-0.2, 0) is 12.8 Å². The number of carbonyl (C=O) groups is 1. The first kappa shape index (κ1) is 11.2. The summed E-state index contributed by atoms with van der Waals surface area (Å²) < 4.78 is 0. The van der Waals surface area contributed by atoms with Crippen LogP contribution in [0.5, 0.6) is 0 Å². The van der Waals surface area contributed by atoms with E-state index in [-0.39, 0.29) is 0 Å². The van der Waals surface area contributed by atoms with Crippen molar-refractivity contribution in [2.75, 3.05) is 5.73 Å². The van der Waals surface area contributed by atoms with Crippen LogP contribution in [-0.4, -0.2) is 6.29 Å². The highest BCUT2D eigenvalue weighted by Crippen LogP contribution is 2.22. The minimum absolute atomic E-state index is 0.655. The van der Waals surface area contributed by atoms with Crippen LogP contribution >= 0.6 is 0 Å². The van der Waals surface area contributed by atoms with Crippen LogP contribution in [0.4, 0.5) is 5.69 Å². The fourth-order valence-corrected chi connectivity index (χ4v) is 1.61. The van der Waals surface area contributed by atoms with Crippen molar-refractivity contribution in [1.29, 1.82) is 0 Å². The van der Waals surface area contributed by atoms with Crippen molar-refractivity contribution < 1.29 is 4.79 Å². The lowest BCUT2D eigenvalue weighted by Gasteiger charge is -2.11. The molecular formula is C13H15NO. The van der Waals surface area contributed by atoms with E-state index in [1.54, 1.807) is 24.3 Å². The molecule has 0 atom stereocenters. The maximum atomic E-state index is 10.9. The summed E-state index contributed by atoms with van der Waals surface area (Å²) in [5, 5.41) is 0. The summed E-state index contributed by atoms with van der Waals surface area (Å²) in [5.74, 6) is 0. The van der Waals surface area contributed by atoms with E-state index in [1.165, 1.54) is 0 Å². The predicted molar refractivity (Wildman–Crippen MR) is 64.0 cm³/mol. The molecule has 15 heavy (non-hydrogen) atoms. The lowest BCUT2D eigenvalue weighted by molar-refractivity contribution is 0.112. The Bertz CT molecular complexity index is 394. The Morgan fingerprint density at radius 3 is 2.27 bits per heavy atom. The van der Waals surface area contributed by atoms with Crippen LogP contribution < -0.4 is 5.73 Å². The molecule has 0 aliphatic carbocycles. The summed E-state index contributed by atoms with van der Waals surface area (Å²) in [4.78, 5) is 10.9. The summed E-state index contributed by atoms with van der Waals surface area (Å²) in [6.07, 6.45) is 5.74. The van der Waals surface area contributed by atoms with Crippen LogP contribution in [0.2, 0.25) is 0 Å². The second kappa shape index (κ2) is 5.15. The van der Waals surface area contributed by atoms with Crippen molar-refractivity contribution in [3.63, 3.8) is 0 Å². The number of carbonyl (C=O) groups excluding carboxylic acids is 1. The second-order valence-corrected chi connectivity index (χ2v) is 3.30. The summed E-state index contributed by atoms with van der Waals surface area (Å²) in [6.45, 7) is 7.36. The van der Waals surface area contributed by atoms with Gasteiger partial charge in [-0.3, -0.25) is 4.79 Å². The molecule has 0 fully saturated rings. The quantitative estimate of drug-likeness (QED) is 0.452. The van der Waals surface area contributed by atoms with Crippen LogP contribution in [0.3, 0.4) is 0 Å². The smallest absolute Gasteiger partial charge is 0.150 e. The fourth-order valence-electron chi connectivity index (χ4n) is 1.61. The molecule has 0 heterocycles. The summed E-state index contributed by atoms with van der Waals surface area (Å²) in [6, 6.07) is 3.50. The average molecular weight is 201 g/mol. The molecule has 0 aliphatic rings. The Labute approximate surface area is 90.1 Å². The molecule has 0 bridgehead atoms.